The van der Waals surface area contributed by atoms with Crippen LogP contribution in [-0.2, 0) is 17.5 Å². The molecular weight excluding hydrogens is 451 g/mol. The van der Waals surface area contributed by atoms with Crippen molar-refractivity contribution >= 4 is 33.4 Å². The average Bonchev–Trinajstić information content (AvgIpc) is 3.47. The summed E-state index contributed by atoms with van der Waals surface area (Å²) in [6.45, 7) is 0.455. The molecule has 34 heavy (non-hydrogen) atoms. The predicted octanol–water partition coefficient (Wildman–Crippen LogP) is 3.04. The van der Waals surface area contributed by atoms with Gasteiger partial charge in [-0.25, -0.2) is 10.8 Å². The van der Waals surface area contributed by atoms with E-state index in [1.807, 2.05) is 0 Å². The summed E-state index contributed by atoms with van der Waals surface area (Å²) in [6, 6.07) is 6.77. The van der Waals surface area contributed by atoms with E-state index in [0.29, 0.717) is 39.8 Å². The lowest BCUT2D eigenvalue weighted by Gasteiger charge is -2.25. The number of nitrogens with zero attached hydrogens (tertiary/aromatic N) is 4. The number of imidazole rings is 1. The Morgan fingerprint density at radius 2 is 2.12 bits per heavy atom. The molecule has 1 aliphatic heterocycles. The second kappa shape index (κ2) is 7.23. The summed E-state index contributed by atoms with van der Waals surface area (Å²) in [7, 11) is 0. The van der Waals surface area contributed by atoms with Crippen molar-refractivity contribution in [2.24, 2.45) is 5.84 Å². The van der Waals surface area contributed by atoms with Gasteiger partial charge >= 0.3 is 6.18 Å². The fourth-order valence-electron chi connectivity index (χ4n) is 4.50. The highest BCUT2D eigenvalue weighted by molar-refractivity contribution is 6.07. The number of pyridine rings is 2. The van der Waals surface area contributed by atoms with Gasteiger partial charge in [-0.15, -0.1) is 0 Å². The average molecular weight is 467 g/mol. The summed E-state index contributed by atoms with van der Waals surface area (Å²) >= 11 is 0. The Morgan fingerprint density at radius 1 is 1.26 bits per heavy atom. The highest BCUT2D eigenvalue weighted by Crippen LogP contribution is 2.38. The third-order valence-electron chi connectivity index (χ3n) is 6.12. The number of carbonyl (C=O) groups excluding carboxylic acids is 1. The molecule has 1 amide bonds. The third-order valence-corrected chi connectivity index (χ3v) is 6.12. The van der Waals surface area contributed by atoms with Gasteiger partial charge in [-0.3, -0.25) is 20.3 Å². The third kappa shape index (κ3) is 3.03. The van der Waals surface area contributed by atoms with Crippen molar-refractivity contribution in [1.82, 2.24) is 30.0 Å². The molecule has 0 fully saturated rings. The van der Waals surface area contributed by atoms with Crippen LogP contribution < -0.4 is 11.3 Å². The van der Waals surface area contributed by atoms with Crippen LogP contribution in [-0.4, -0.2) is 37.1 Å². The fraction of sp³-hybridized carbons (Fsp3) is 0.182. The van der Waals surface area contributed by atoms with Gasteiger partial charge in [0.2, 0.25) is 0 Å². The number of hydrogen-bond donors (Lipinski definition) is 3. The zero-order valence-electron chi connectivity index (χ0n) is 17.3. The van der Waals surface area contributed by atoms with E-state index in [-0.39, 0.29) is 18.2 Å². The molecule has 12 heteroatoms. The molecule has 0 aliphatic carbocycles. The highest BCUT2D eigenvalue weighted by atomic mass is 19.4. The number of carbonyl (C=O) groups is 1. The number of aromatic nitrogens is 5. The monoisotopic (exact) mass is 467 g/mol. The zero-order valence-corrected chi connectivity index (χ0v) is 17.3. The van der Waals surface area contributed by atoms with Gasteiger partial charge in [0.25, 0.3) is 5.91 Å². The summed E-state index contributed by atoms with van der Waals surface area (Å²) in [6.07, 6.45) is -0.322. The van der Waals surface area contributed by atoms with E-state index in [1.54, 1.807) is 36.7 Å². The van der Waals surface area contributed by atoms with E-state index < -0.39 is 17.8 Å². The van der Waals surface area contributed by atoms with Crippen molar-refractivity contribution in [3.8, 4) is 0 Å². The Kier molecular flexibility index (Phi) is 4.38. The number of nitrogens with one attached hydrogen (secondary N) is 2. The molecule has 1 aliphatic rings. The zero-order chi connectivity index (χ0) is 23.6. The highest BCUT2D eigenvalue weighted by Gasteiger charge is 2.35. The number of H-pyrrole nitrogens is 1. The number of nitrogen functional groups attached to an aromatic ring is 1. The van der Waals surface area contributed by atoms with Gasteiger partial charge in [0.15, 0.2) is 5.69 Å². The van der Waals surface area contributed by atoms with Crippen molar-refractivity contribution in [2.75, 3.05) is 6.61 Å². The Balaban J connectivity index is 1.50. The number of hydrogen-bond acceptors (Lipinski definition) is 6. The van der Waals surface area contributed by atoms with Crippen LogP contribution >= 0.6 is 0 Å². The molecule has 0 saturated carbocycles. The molecule has 0 spiro atoms. The van der Waals surface area contributed by atoms with Gasteiger partial charge in [0, 0.05) is 40.5 Å². The molecule has 4 N–H and O–H groups in total. The van der Waals surface area contributed by atoms with Crippen molar-refractivity contribution in [2.45, 2.75) is 18.7 Å². The predicted molar refractivity (Wildman–Crippen MR) is 115 cm³/mol. The van der Waals surface area contributed by atoms with Crippen LogP contribution in [0, 0.1) is 0 Å². The van der Waals surface area contributed by atoms with Crippen molar-refractivity contribution in [3.63, 3.8) is 0 Å². The van der Waals surface area contributed by atoms with E-state index in [1.165, 1.54) is 4.40 Å². The number of hydrazine groups is 1. The Bertz CT molecular complexity index is 1610. The molecule has 0 radical (unpaired) electrons. The lowest BCUT2D eigenvalue weighted by atomic mass is 9.90. The molecule has 6 rings (SSSR count). The van der Waals surface area contributed by atoms with Gasteiger partial charge in [-0.05, 0) is 29.8 Å². The standard InChI is InChI=1S/C22H16F3N7O2/c23-22(24,25)17-7-32-4-3-11-14(8-34-9-15(11)20(32)28-17)19-13-6-27-16-2-1-10(21(33)29-26)5-12(16)18(13)30-31-19/h1-7,14H,8-9,26H2,(H,29,33)(H,30,31). The van der Waals surface area contributed by atoms with Gasteiger partial charge in [0.05, 0.1) is 30.3 Å². The molecule has 0 bridgehead atoms. The smallest absolute Gasteiger partial charge is 0.376 e. The van der Waals surface area contributed by atoms with Gasteiger partial charge in [-0.1, -0.05) is 0 Å². The SMILES string of the molecule is NNC(=O)c1ccc2ncc3c(C4COCc5c4ccn4cc(C(F)(F)F)nc54)[nH]nc3c2c1. The minimum absolute atomic E-state index is 0.148. The normalized spacial score (nSPS) is 16.3. The van der Waals surface area contributed by atoms with E-state index in [9.17, 15) is 18.0 Å². The largest absolute Gasteiger partial charge is 0.434 e. The van der Waals surface area contributed by atoms with Gasteiger partial charge in [-0.2, -0.15) is 18.3 Å². The summed E-state index contributed by atoms with van der Waals surface area (Å²) in [5, 5.41) is 8.91. The van der Waals surface area contributed by atoms with Crippen LogP contribution in [0.3, 0.4) is 0 Å². The van der Waals surface area contributed by atoms with Crippen molar-refractivity contribution < 1.29 is 22.7 Å². The number of rotatable bonds is 2. The second-order valence-electron chi connectivity index (χ2n) is 8.04. The number of amides is 1. The first kappa shape index (κ1) is 20.6. The van der Waals surface area contributed by atoms with Crippen LogP contribution in [0.2, 0.25) is 0 Å². The van der Waals surface area contributed by atoms with Crippen LogP contribution in [0.25, 0.3) is 27.5 Å². The minimum Gasteiger partial charge on any atom is -0.376 e. The fourth-order valence-corrected chi connectivity index (χ4v) is 4.50. The van der Waals surface area contributed by atoms with Crippen molar-refractivity contribution in [3.05, 3.63) is 70.9 Å². The van der Waals surface area contributed by atoms with E-state index >= 15 is 0 Å². The Morgan fingerprint density at radius 3 is 2.91 bits per heavy atom. The number of aromatic amines is 1. The topological polar surface area (TPSA) is 123 Å². The lowest BCUT2D eigenvalue weighted by molar-refractivity contribution is -0.140. The lowest BCUT2D eigenvalue weighted by Crippen LogP contribution is -2.29. The van der Waals surface area contributed by atoms with E-state index in [4.69, 9.17) is 10.6 Å². The first-order chi connectivity index (χ1) is 16.3. The second-order valence-corrected chi connectivity index (χ2v) is 8.04. The molecule has 0 saturated heterocycles. The molecule has 4 aromatic heterocycles. The number of fused-ring (bicyclic) bond motifs is 6. The molecule has 9 nitrogen and oxygen atoms in total. The summed E-state index contributed by atoms with van der Waals surface area (Å²) in [5.74, 6) is 4.49. The van der Waals surface area contributed by atoms with Crippen LogP contribution in [0.1, 0.15) is 38.8 Å². The van der Waals surface area contributed by atoms with E-state index in [0.717, 1.165) is 17.1 Å². The first-order valence-corrected chi connectivity index (χ1v) is 10.3. The molecule has 1 aromatic carbocycles. The molecule has 5 aromatic rings. The molecule has 5 heterocycles. The van der Waals surface area contributed by atoms with Gasteiger partial charge < -0.3 is 9.14 Å². The number of benzene rings is 1. The summed E-state index contributed by atoms with van der Waals surface area (Å²) < 4.78 is 46.7. The molecule has 1 atom stereocenters. The maximum absolute atomic E-state index is 13.2. The maximum Gasteiger partial charge on any atom is 0.434 e. The number of alkyl halides is 3. The van der Waals surface area contributed by atoms with Crippen LogP contribution in [0.4, 0.5) is 13.2 Å². The molecule has 172 valence electrons. The first-order valence-electron chi connectivity index (χ1n) is 10.3. The minimum atomic E-state index is -4.54. The number of ether oxygens (including phenoxy) is 1. The Hall–Kier alpha value is -4.03. The van der Waals surface area contributed by atoms with Crippen LogP contribution in [0.15, 0.2) is 42.9 Å². The molecular formula is C22H16F3N7O2. The molecule has 1 unspecified atom stereocenters. The van der Waals surface area contributed by atoms with Gasteiger partial charge in [0.1, 0.15) is 11.2 Å². The van der Waals surface area contributed by atoms with Crippen LogP contribution in [0.5, 0.6) is 0 Å². The maximum atomic E-state index is 13.2. The summed E-state index contributed by atoms with van der Waals surface area (Å²) in [4.78, 5) is 20.3. The number of nitrogens with two attached hydrogens (primary N) is 1. The Labute approximate surface area is 188 Å². The quantitative estimate of drug-likeness (QED) is 0.208. The summed E-state index contributed by atoms with van der Waals surface area (Å²) in [5.41, 5.74) is 5.09. The van der Waals surface area contributed by atoms with E-state index in [2.05, 4.69) is 25.6 Å². The number of halogens is 3. The van der Waals surface area contributed by atoms with Crippen molar-refractivity contribution in [1.29, 1.82) is 0 Å².